The first-order valence-electron chi connectivity index (χ1n) is 8.79. The van der Waals surface area contributed by atoms with Crippen LogP contribution in [0.3, 0.4) is 0 Å². The van der Waals surface area contributed by atoms with E-state index in [4.69, 9.17) is 9.40 Å². The van der Waals surface area contributed by atoms with Crippen molar-refractivity contribution >= 4 is 17.5 Å². The molecule has 2 heterocycles. The van der Waals surface area contributed by atoms with Crippen LogP contribution in [0, 0.1) is 0 Å². The number of para-hydroxylation sites is 1. The van der Waals surface area contributed by atoms with Gasteiger partial charge in [-0.1, -0.05) is 48.5 Å². The Morgan fingerprint density at radius 3 is 2.33 bits per heavy atom. The maximum absolute atomic E-state index is 5.39. The lowest BCUT2D eigenvalue weighted by atomic mass is 10.1. The largest absolute Gasteiger partial charge is 0.467 e. The molecule has 0 atom stereocenters. The number of furan rings is 1. The fourth-order valence-corrected chi connectivity index (χ4v) is 2.81. The van der Waals surface area contributed by atoms with E-state index >= 15 is 0 Å². The first-order valence-corrected chi connectivity index (χ1v) is 8.79. The Morgan fingerprint density at radius 2 is 1.63 bits per heavy atom. The van der Waals surface area contributed by atoms with Gasteiger partial charge in [0.2, 0.25) is 5.95 Å². The van der Waals surface area contributed by atoms with E-state index in [-0.39, 0.29) is 0 Å². The van der Waals surface area contributed by atoms with E-state index in [0.29, 0.717) is 12.5 Å². The van der Waals surface area contributed by atoms with E-state index in [1.54, 1.807) is 6.26 Å². The van der Waals surface area contributed by atoms with Crippen LogP contribution < -0.4 is 10.2 Å². The van der Waals surface area contributed by atoms with Gasteiger partial charge < -0.3 is 14.6 Å². The number of nitrogens with zero attached hydrogens (tertiary/aromatic N) is 3. The summed E-state index contributed by atoms with van der Waals surface area (Å²) in [5.41, 5.74) is 2.97. The summed E-state index contributed by atoms with van der Waals surface area (Å²) in [6.07, 6.45) is 1.66. The lowest BCUT2D eigenvalue weighted by Crippen LogP contribution is -2.13. The summed E-state index contributed by atoms with van der Waals surface area (Å²) in [4.78, 5) is 11.4. The second kappa shape index (κ2) is 7.74. The molecule has 0 amide bonds. The molecule has 0 unspecified atom stereocenters. The van der Waals surface area contributed by atoms with Crippen molar-refractivity contribution in [3.8, 4) is 11.3 Å². The Bertz CT molecular complexity index is 986. The minimum absolute atomic E-state index is 0.528. The van der Waals surface area contributed by atoms with Gasteiger partial charge in [0.15, 0.2) is 0 Å². The number of rotatable bonds is 6. The summed E-state index contributed by atoms with van der Waals surface area (Å²) in [7, 11) is 2.00. The van der Waals surface area contributed by atoms with E-state index in [9.17, 15) is 0 Å². The van der Waals surface area contributed by atoms with Gasteiger partial charge in [0.05, 0.1) is 18.5 Å². The minimum atomic E-state index is 0.528. The standard InChI is InChI=1S/C22H20N4O/c1-26(18-11-6-3-7-12-18)21-15-20(17-9-4-2-5-10-17)24-22(25-21)23-16-19-13-8-14-27-19/h2-15H,16H2,1H3,(H,23,24,25). The highest BCUT2D eigenvalue weighted by atomic mass is 16.3. The van der Waals surface area contributed by atoms with Crippen molar-refractivity contribution in [1.29, 1.82) is 0 Å². The summed E-state index contributed by atoms with van der Waals surface area (Å²) in [6.45, 7) is 0.528. The van der Waals surface area contributed by atoms with E-state index in [2.05, 4.69) is 22.4 Å². The molecule has 4 rings (SSSR count). The predicted octanol–water partition coefficient (Wildman–Crippen LogP) is 5.12. The van der Waals surface area contributed by atoms with Gasteiger partial charge in [-0.3, -0.25) is 0 Å². The molecule has 0 spiro atoms. The summed E-state index contributed by atoms with van der Waals surface area (Å²) >= 11 is 0. The van der Waals surface area contributed by atoms with Crippen LogP contribution in [0.5, 0.6) is 0 Å². The molecule has 27 heavy (non-hydrogen) atoms. The van der Waals surface area contributed by atoms with Gasteiger partial charge in [0, 0.05) is 24.4 Å². The molecule has 0 fully saturated rings. The highest BCUT2D eigenvalue weighted by molar-refractivity contribution is 5.68. The maximum Gasteiger partial charge on any atom is 0.225 e. The van der Waals surface area contributed by atoms with Crippen LogP contribution in [0.25, 0.3) is 11.3 Å². The first kappa shape index (κ1) is 16.8. The molecule has 4 aromatic rings. The number of hydrogen-bond donors (Lipinski definition) is 1. The maximum atomic E-state index is 5.39. The molecule has 0 saturated heterocycles. The van der Waals surface area contributed by atoms with Crippen LogP contribution in [0.4, 0.5) is 17.5 Å². The smallest absolute Gasteiger partial charge is 0.225 e. The Kier molecular flexibility index (Phi) is 4.83. The summed E-state index contributed by atoms with van der Waals surface area (Å²) in [6, 6.07) is 26.0. The fourth-order valence-electron chi connectivity index (χ4n) is 2.81. The molecule has 2 aromatic heterocycles. The Balaban J connectivity index is 1.70. The van der Waals surface area contributed by atoms with Crippen molar-refractivity contribution in [3.63, 3.8) is 0 Å². The second-order valence-corrected chi connectivity index (χ2v) is 6.13. The van der Waals surface area contributed by atoms with Gasteiger partial charge in [-0.15, -0.1) is 0 Å². The SMILES string of the molecule is CN(c1ccccc1)c1cc(-c2ccccc2)nc(NCc2ccco2)n1. The van der Waals surface area contributed by atoms with Crippen LogP contribution in [-0.4, -0.2) is 17.0 Å². The van der Waals surface area contributed by atoms with Crippen LogP contribution in [-0.2, 0) is 6.54 Å². The van der Waals surface area contributed by atoms with Gasteiger partial charge in [0.1, 0.15) is 11.6 Å². The Labute approximate surface area is 158 Å². The zero-order valence-electron chi connectivity index (χ0n) is 15.0. The second-order valence-electron chi connectivity index (χ2n) is 6.13. The quantitative estimate of drug-likeness (QED) is 0.520. The molecule has 134 valence electrons. The van der Waals surface area contributed by atoms with Crippen molar-refractivity contribution < 1.29 is 4.42 Å². The highest BCUT2D eigenvalue weighted by Crippen LogP contribution is 2.27. The minimum Gasteiger partial charge on any atom is -0.467 e. The average Bonchev–Trinajstić information content (AvgIpc) is 3.26. The lowest BCUT2D eigenvalue weighted by Gasteiger charge is -2.20. The molecule has 0 aliphatic heterocycles. The normalized spacial score (nSPS) is 10.6. The van der Waals surface area contributed by atoms with Crippen LogP contribution in [0.15, 0.2) is 89.5 Å². The first-order chi connectivity index (χ1) is 13.3. The van der Waals surface area contributed by atoms with Crippen molar-refractivity contribution in [2.75, 3.05) is 17.3 Å². The summed E-state index contributed by atoms with van der Waals surface area (Å²) in [5, 5.41) is 3.26. The molecule has 0 aliphatic carbocycles. The monoisotopic (exact) mass is 356 g/mol. The Hall–Kier alpha value is -3.60. The zero-order chi connectivity index (χ0) is 18.5. The van der Waals surface area contributed by atoms with Crippen LogP contribution >= 0.6 is 0 Å². The molecule has 1 N–H and O–H groups in total. The van der Waals surface area contributed by atoms with E-state index in [1.807, 2.05) is 78.7 Å². The van der Waals surface area contributed by atoms with E-state index in [0.717, 1.165) is 28.5 Å². The van der Waals surface area contributed by atoms with Crippen LogP contribution in [0.1, 0.15) is 5.76 Å². The topological polar surface area (TPSA) is 54.2 Å². The van der Waals surface area contributed by atoms with Crippen molar-refractivity contribution in [1.82, 2.24) is 9.97 Å². The summed E-state index contributed by atoms with van der Waals surface area (Å²) < 4.78 is 5.39. The van der Waals surface area contributed by atoms with Gasteiger partial charge in [-0.2, -0.15) is 4.98 Å². The van der Waals surface area contributed by atoms with Crippen molar-refractivity contribution in [2.45, 2.75) is 6.54 Å². The molecule has 0 bridgehead atoms. The third-order valence-electron chi connectivity index (χ3n) is 4.27. The molecule has 0 radical (unpaired) electrons. The number of benzene rings is 2. The van der Waals surface area contributed by atoms with Crippen LogP contribution in [0.2, 0.25) is 0 Å². The number of hydrogen-bond acceptors (Lipinski definition) is 5. The fraction of sp³-hybridized carbons (Fsp3) is 0.0909. The number of aromatic nitrogens is 2. The Morgan fingerprint density at radius 1 is 0.889 bits per heavy atom. The molecular formula is C22H20N4O. The van der Waals surface area contributed by atoms with Crippen molar-refractivity contribution in [3.05, 3.63) is 90.9 Å². The van der Waals surface area contributed by atoms with Crippen molar-refractivity contribution in [2.24, 2.45) is 0 Å². The number of nitrogens with one attached hydrogen (secondary N) is 1. The molecular weight excluding hydrogens is 336 g/mol. The third kappa shape index (κ3) is 3.98. The van der Waals surface area contributed by atoms with E-state index < -0.39 is 0 Å². The molecule has 5 heteroatoms. The number of anilines is 3. The molecule has 5 nitrogen and oxygen atoms in total. The molecule has 2 aromatic carbocycles. The lowest BCUT2D eigenvalue weighted by molar-refractivity contribution is 0.517. The summed E-state index contributed by atoms with van der Waals surface area (Å²) in [5.74, 6) is 2.21. The average molecular weight is 356 g/mol. The van der Waals surface area contributed by atoms with Gasteiger partial charge in [0.25, 0.3) is 0 Å². The van der Waals surface area contributed by atoms with Gasteiger partial charge in [-0.25, -0.2) is 4.98 Å². The zero-order valence-corrected chi connectivity index (χ0v) is 15.0. The van der Waals surface area contributed by atoms with Gasteiger partial charge >= 0.3 is 0 Å². The van der Waals surface area contributed by atoms with E-state index in [1.165, 1.54) is 0 Å². The van der Waals surface area contributed by atoms with Gasteiger partial charge in [-0.05, 0) is 24.3 Å². The third-order valence-corrected chi connectivity index (χ3v) is 4.27. The highest BCUT2D eigenvalue weighted by Gasteiger charge is 2.11. The molecule has 0 aliphatic rings. The predicted molar refractivity (Wildman–Crippen MR) is 108 cm³/mol. The molecule has 0 saturated carbocycles.